The maximum Gasteiger partial charge on any atom is 0.413 e. The molecule has 0 saturated carbocycles. The van der Waals surface area contributed by atoms with Gasteiger partial charge in [0.25, 0.3) is 0 Å². The van der Waals surface area contributed by atoms with E-state index in [4.69, 9.17) is 4.74 Å². The van der Waals surface area contributed by atoms with Crippen molar-refractivity contribution >= 4 is 11.9 Å². The zero-order valence-electron chi connectivity index (χ0n) is 14.0. The summed E-state index contributed by atoms with van der Waals surface area (Å²) in [7, 11) is 0. The van der Waals surface area contributed by atoms with E-state index in [9.17, 15) is 9.18 Å². The number of halogens is 1. The Bertz CT molecular complexity index is 667. The Hall–Kier alpha value is -2.48. The molecule has 2 aromatic rings. The van der Waals surface area contributed by atoms with Crippen molar-refractivity contribution in [1.82, 2.24) is 20.3 Å². The largest absolute Gasteiger partial charge is 0.444 e. The molecule has 130 valence electrons. The molecule has 2 N–H and O–H groups in total. The molecule has 1 heterocycles. The molecule has 0 bridgehead atoms. The van der Waals surface area contributed by atoms with E-state index in [1.807, 2.05) is 30.3 Å². The number of alkyl halides is 1. The number of aromatic nitrogens is 3. The van der Waals surface area contributed by atoms with E-state index in [2.05, 4.69) is 20.9 Å². The van der Waals surface area contributed by atoms with Crippen LogP contribution in [0.3, 0.4) is 0 Å². The maximum atomic E-state index is 12.4. The molecule has 0 aliphatic rings. The fourth-order valence-corrected chi connectivity index (χ4v) is 2.01. The summed E-state index contributed by atoms with van der Waals surface area (Å²) in [5.41, 5.74) is 0.784. The van der Waals surface area contributed by atoms with Crippen molar-refractivity contribution < 1.29 is 13.9 Å². The molecule has 1 aromatic heterocycles. The van der Waals surface area contributed by atoms with E-state index in [0.717, 1.165) is 5.69 Å². The minimum atomic E-state index is -0.619. The number of para-hydroxylation sites is 1. The van der Waals surface area contributed by atoms with Gasteiger partial charge in [-0.1, -0.05) is 23.4 Å². The molecule has 24 heavy (non-hydrogen) atoms. The van der Waals surface area contributed by atoms with Crippen LogP contribution in [0.25, 0.3) is 5.69 Å². The number of amides is 1. The lowest BCUT2D eigenvalue weighted by Crippen LogP contribution is -2.28. The number of nitrogens with one attached hydrogen (secondary N) is 2. The van der Waals surface area contributed by atoms with Crippen molar-refractivity contribution in [2.24, 2.45) is 0 Å². The zero-order chi connectivity index (χ0) is 17.6. The molecule has 1 aromatic carbocycles. The highest BCUT2D eigenvalue weighted by atomic mass is 19.1. The third-order valence-corrected chi connectivity index (χ3v) is 2.95. The lowest BCUT2D eigenvalue weighted by Gasteiger charge is -2.19. The van der Waals surface area contributed by atoms with Crippen LogP contribution in [0.1, 0.15) is 26.5 Å². The lowest BCUT2D eigenvalue weighted by atomic mass is 10.2. The number of carbonyl (C=O) groups is 1. The number of hydrogen-bond acceptors (Lipinski definition) is 5. The molecule has 0 fully saturated rings. The molecular weight excluding hydrogens is 313 g/mol. The third-order valence-electron chi connectivity index (χ3n) is 2.95. The first kappa shape index (κ1) is 17.9. The average Bonchev–Trinajstić information content (AvgIpc) is 2.89. The van der Waals surface area contributed by atoms with Crippen LogP contribution in [0, 0.1) is 0 Å². The third kappa shape index (κ3) is 5.02. The molecule has 0 unspecified atom stereocenters. The number of hydrogen-bond donors (Lipinski definition) is 2. The van der Waals surface area contributed by atoms with E-state index in [0.29, 0.717) is 12.2 Å². The quantitative estimate of drug-likeness (QED) is 0.793. The summed E-state index contributed by atoms with van der Waals surface area (Å²) in [4.78, 5) is 12.0. The second kappa shape index (κ2) is 7.87. The Morgan fingerprint density at radius 3 is 2.62 bits per heavy atom. The standard InChI is InChI=1S/C16H22FN5O2/c1-16(2,3)24-15(23)19-14-13(11-18-10-9-17)22(21-20-14)12-7-5-4-6-8-12/h4-8,18H,9-11H2,1-3H3,(H,19,23). The Labute approximate surface area is 140 Å². The van der Waals surface area contributed by atoms with Crippen molar-refractivity contribution in [3.63, 3.8) is 0 Å². The van der Waals surface area contributed by atoms with Gasteiger partial charge in [-0.05, 0) is 32.9 Å². The Balaban J connectivity index is 2.24. The Morgan fingerprint density at radius 1 is 1.29 bits per heavy atom. The van der Waals surface area contributed by atoms with Crippen molar-refractivity contribution in [3.8, 4) is 5.69 Å². The maximum absolute atomic E-state index is 12.4. The summed E-state index contributed by atoms with van der Waals surface area (Å²) < 4.78 is 19.2. The average molecular weight is 335 g/mol. The van der Waals surface area contributed by atoms with Crippen LogP contribution in [-0.2, 0) is 11.3 Å². The van der Waals surface area contributed by atoms with Gasteiger partial charge in [0.05, 0.1) is 5.69 Å². The fourth-order valence-electron chi connectivity index (χ4n) is 2.01. The van der Waals surface area contributed by atoms with Gasteiger partial charge >= 0.3 is 6.09 Å². The van der Waals surface area contributed by atoms with Crippen molar-refractivity contribution in [2.45, 2.75) is 32.9 Å². The summed E-state index contributed by atoms with van der Waals surface area (Å²) in [6, 6.07) is 9.37. The number of anilines is 1. The second-order valence-electron chi connectivity index (χ2n) is 6.12. The number of ether oxygens (including phenoxy) is 1. The smallest absolute Gasteiger partial charge is 0.413 e. The summed E-state index contributed by atoms with van der Waals surface area (Å²) in [6.07, 6.45) is -0.616. The highest BCUT2D eigenvalue weighted by Crippen LogP contribution is 2.18. The summed E-state index contributed by atoms with van der Waals surface area (Å²) >= 11 is 0. The number of rotatable bonds is 6. The molecule has 1 amide bonds. The monoisotopic (exact) mass is 335 g/mol. The molecule has 0 saturated heterocycles. The first-order valence-electron chi connectivity index (χ1n) is 7.67. The van der Waals surface area contributed by atoms with E-state index >= 15 is 0 Å². The van der Waals surface area contributed by atoms with Crippen LogP contribution in [0.5, 0.6) is 0 Å². The normalized spacial score (nSPS) is 11.3. The summed E-state index contributed by atoms with van der Waals surface area (Å²) in [5.74, 6) is 0.277. The van der Waals surface area contributed by atoms with Gasteiger partial charge in [0.2, 0.25) is 0 Å². The Kier molecular flexibility index (Phi) is 5.86. The molecule has 2 rings (SSSR count). The van der Waals surface area contributed by atoms with Crippen molar-refractivity contribution in [2.75, 3.05) is 18.5 Å². The zero-order valence-corrected chi connectivity index (χ0v) is 14.0. The number of carbonyl (C=O) groups excluding carboxylic acids is 1. The number of nitrogens with zero attached hydrogens (tertiary/aromatic N) is 3. The molecule has 0 radical (unpaired) electrons. The predicted molar refractivity (Wildman–Crippen MR) is 88.9 cm³/mol. The molecule has 8 heteroatoms. The summed E-state index contributed by atoms with van der Waals surface area (Å²) in [5, 5.41) is 13.6. The second-order valence-corrected chi connectivity index (χ2v) is 6.12. The minimum absolute atomic E-state index is 0.200. The molecule has 0 aliphatic carbocycles. The van der Waals surface area contributed by atoms with Gasteiger partial charge in [0, 0.05) is 13.1 Å². The van der Waals surface area contributed by atoms with Crippen molar-refractivity contribution in [3.05, 3.63) is 36.0 Å². The SMILES string of the molecule is CC(C)(C)OC(=O)Nc1nnn(-c2ccccc2)c1CNCCF. The van der Waals surface area contributed by atoms with Gasteiger partial charge in [-0.25, -0.2) is 13.9 Å². The van der Waals surface area contributed by atoms with Gasteiger partial charge in [-0.2, -0.15) is 0 Å². The topological polar surface area (TPSA) is 81.1 Å². The minimum Gasteiger partial charge on any atom is -0.444 e. The van der Waals surface area contributed by atoms with Crippen LogP contribution in [-0.4, -0.2) is 39.9 Å². The first-order valence-corrected chi connectivity index (χ1v) is 7.67. The van der Waals surface area contributed by atoms with E-state index in [1.54, 1.807) is 25.5 Å². The Morgan fingerprint density at radius 2 is 2.00 bits per heavy atom. The van der Waals surface area contributed by atoms with Crippen LogP contribution in [0.4, 0.5) is 15.0 Å². The van der Waals surface area contributed by atoms with Gasteiger partial charge in [0.1, 0.15) is 18.0 Å². The van der Waals surface area contributed by atoms with Gasteiger partial charge in [0.15, 0.2) is 5.82 Å². The molecular formula is C16H22FN5O2. The number of benzene rings is 1. The molecule has 0 spiro atoms. The van der Waals surface area contributed by atoms with E-state index in [-0.39, 0.29) is 12.4 Å². The molecule has 0 aliphatic heterocycles. The van der Waals surface area contributed by atoms with Crippen LogP contribution >= 0.6 is 0 Å². The molecule has 7 nitrogen and oxygen atoms in total. The predicted octanol–water partition coefficient (Wildman–Crippen LogP) is 2.67. The molecule has 0 atom stereocenters. The van der Waals surface area contributed by atoms with E-state index < -0.39 is 18.4 Å². The first-order chi connectivity index (χ1) is 11.4. The van der Waals surface area contributed by atoms with Gasteiger partial charge in [-0.15, -0.1) is 5.10 Å². The lowest BCUT2D eigenvalue weighted by molar-refractivity contribution is 0.0635. The van der Waals surface area contributed by atoms with Crippen LogP contribution in [0.15, 0.2) is 30.3 Å². The van der Waals surface area contributed by atoms with Crippen molar-refractivity contribution in [1.29, 1.82) is 0 Å². The van der Waals surface area contributed by atoms with Crippen LogP contribution in [0.2, 0.25) is 0 Å². The van der Waals surface area contributed by atoms with Gasteiger partial charge in [-0.3, -0.25) is 5.32 Å². The highest BCUT2D eigenvalue weighted by Gasteiger charge is 2.20. The highest BCUT2D eigenvalue weighted by molar-refractivity contribution is 5.84. The summed E-state index contributed by atoms with van der Waals surface area (Å²) in [6.45, 7) is 5.34. The fraction of sp³-hybridized carbons (Fsp3) is 0.438. The van der Waals surface area contributed by atoms with E-state index in [1.165, 1.54) is 0 Å². The van der Waals surface area contributed by atoms with Crippen LogP contribution < -0.4 is 10.6 Å². The van der Waals surface area contributed by atoms with Gasteiger partial charge < -0.3 is 10.1 Å².